The molecule has 122 valence electrons. The van der Waals surface area contributed by atoms with Crippen molar-refractivity contribution in [1.82, 2.24) is 0 Å². The van der Waals surface area contributed by atoms with Crippen molar-refractivity contribution >= 4 is 0 Å². The third-order valence-corrected chi connectivity index (χ3v) is 6.94. The molecule has 3 aliphatic carbocycles. The van der Waals surface area contributed by atoms with Crippen molar-refractivity contribution in [2.75, 3.05) is 0 Å². The molecule has 4 atom stereocenters. The fourth-order valence-electron chi connectivity index (χ4n) is 5.65. The normalized spacial score (nSPS) is 36.2. The maximum atomic E-state index is 4.64. The third kappa shape index (κ3) is 2.99. The summed E-state index contributed by atoms with van der Waals surface area (Å²) in [6.07, 6.45) is 16.1. The molecule has 0 saturated heterocycles. The SMILES string of the molecule is C=CC(C(=C)C12CCC(CC(=C)C)CC1C2)C1CCCCC1. The van der Waals surface area contributed by atoms with E-state index in [0.29, 0.717) is 11.3 Å². The molecule has 0 aromatic rings. The lowest BCUT2D eigenvalue weighted by Gasteiger charge is -2.36. The standard InChI is InChI=1S/C22H34/c1-5-21(19-9-7-6-8-10-19)17(4)22-12-11-18(13-16(2)3)14-20(22)15-22/h5,18-21H,1-2,4,6-15H2,3H3. The Hall–Kier alpha value is -0.780. The molecule has 0 aromatic heterocycles. The molecular weight excluding hydrogens is 264 g/mol. The minimum atomic E-state index is 0.502. The Labute approximate surface area is 137 Å². The lowest BCUT2D eigenvalue weighted by molar-refractivity contribution is 0.249. The van der Waals surface area contributed by atoms with Gasteiger partial charge in [0.25, 0.3) is 0 Å². The van der Waals surface area contributed by atoms with Gasteiger partial charge in [0.2, 0.25) is 0 Å². The van der Waals surface area contributed by atoms with E-state index in [4.69, 9.17) is 0 Å². The Bertz CT molecular complexity index is 451. The monoisotopic (exact) mass is 298 g/mol. The van der Waals surface area contributed by atoms with Crippen LogP contribution in [-0.2, 0) is 0 Å². The maximum absolute atomic E-state index is 4.64. The number of fused-ring (bicyclic) bond motifs is 1. The van der Waals surface area contributed by atoms with E-state index in [1.165, 1.54) is 69.8 Å². The summed E-state index contributed by atoms with van der Waals surface area (Å²) < 4.78 is 0. The number of rotatable bonds is 6. The highest BCUT2D eigenvalue weighted by molar-refractivity contribution is 5.29. The van der Waals surface area contributed by atoms with Crippen LogP contribution in [0.4, 0.5) is 0 Å². The summed E-state index contributed by atoms with van der Waals surface area (Å²) in [5.41, 5.74) is 3.43. The summed E-state index contributed by atoms with van der Waals surface area (Å²) in [7, 11) is 0. The molecule has 0 amide bonds. The van der Waals surface area contributed by atoms with Crippen molar-refractivity contribution in [3.05, 3.63) is 37.0 Å². The van der Waals surface area contributed by atoms with Gasteiger partial charge < -0.3 is 0 Å². The van der Waals surface area contributed by atoms with Crippen LogP contribution in [-0.4, -0.2) is 0 Å². The van der Waals surface area contributed by atoms with Crippen LogP contribution >= 0.6 is 0 Å². The van der Waals surface area contributed by atoms with Crippen LogP contribution in [0.1, 0.15) is 71.1 Å². The van der Waals surface area contributed by atoms with Crippen molar-refractivity contribution in [1.29, 1.82) is 0 Å². The van der Waals surface area contributed by atoms with Gasteiger partial charge in [-0.2, -0.15) is 0 Å². The van der Waals surface area contributed by atoms with E-state index in [0.717, 1.165) is 17.8 Å². The van der Waals surface area contributed by atoms with Crippen LogP contribution in [0, 0.1) is 29.1 Å². The first-order chi connectivity index (χ1) is 10.6. The Morgan fingerprint density at radius 2 is 1.91 bits per heavy atom. The average Bonchev–Trinajstić information content (AvgIpc) is 3.23. The molecule has 0 aliphatic heterocycles. The van der Waals surface area contributed by atoms with E-state index >= 15 is 0 Å². The van der Waals surface area contributed by atoms with E-state index in [-0.39, 0.29) is 0 Å². The molecular formula is C22H34. The molecule has 0 nitrogen and oxygen atoms in total. The van der Waals surface area contributed by atoms with Gasteiger partial charge in [0.15, 0.2) is 0 Å². The fourth-order valence-corrected chi connectivity index (χ4v) is 5.65. The van der Waals surface area contributed by atoms with Crippen LogP contribution in [0.3, 0.4) is 0 Å². The molecule has 3 rings (SSSR count). The Morgan fingerprint density at radius 1 is 1.18 bits per heavy atom. The summed E-state index contributed by atoms with van der Waals surface area (Å²) >= 11 is 0. The Kier molecular flexibility index (Phi) is 4.67. The molecule has 4 unspecified atom stereocenters. The maximum Gasteiger partial charge on any atom is 0.000531 e. The van der Waals surface area contributed by atoms with Gasteiger partial charge in [-0.25, -0.2) is 0 Å². The largest absolute Gasteiger partial charge is 0.102 e. The fraction of sp³-hybridized carbons (Fsp3) is 0.727. The summed E-state index contributed by atoms with van der Waals surface area (Å²) in [6.45, 7) is 15.1. The molecule has 3 fully saturated rings. The molecule has 0 heterocycles. The Balaban J connectivity index is 1.63. The molecule has 0 N–H and O–H groups in total. The van der Waals surface area contributed by atoms with Crippen LogP contribution in [0.25, 0.3) is 0 Å². The quantitative estimate of drug-likeness (QED) is 0.479. The summed E-state index contributed by atoms with van der Waals surface area (Å²) in [6, 6.07) is 0. The first-order valence-electron chi connectivity index (χ1n) is 9.53. The van der Waals surface area contributed by atoms with Crippen molar-refractivity contribution in [3.8, 4) is 0 Å². The molecule has 0 radical (unpaired) electrons. The minimum absolute atomic E-state index is 0.502. The zero-order valence-electron chi connectivity index (χ0n) is 14.6. The summed E-state index contributed by atoms with van der Waals surface area (Å²) in [5, 5.41) is 0. The highest BCUT2D eigenvalue weighted by Crippen LogP contribution is 2.68. The van der Waals surface area contributed by atoms with Gasteiger partial charge in [-0.05, 0) is 75.0 Å². The predicted molar refractivity (Wildman–Crippen MR) is 96.7 cm³/mol. The zero-order chi connectivity index (χ0) is 15.7. The Morgan fingerprint density at radius 3 is 2.50 bits per heavy atom. The molecule has 0 spiro atoms. The van der Waals surface area contributed by atoms with Crippen LogP contribution in [0.2, 0.25) is 0 Å². The van der Waals surface area contributed by atoms with Crippen molar-refractivity contribution in [2.24, 2.45) is 29.1 Å². The van der Waals surface area contributed by atoms with Crippen LogP contribution < -0.4 is 0 Å². The van der Waals surface area contributed by atoms with Gasteiger partial charge in [-0.3, -0.25) is 0 Å². The van der Waals surface area contributed by atoms with Crippen LogP contribution in [0.5, 0.6) is 0 Å². The van der Waals surface area contributed by atoms with Gasteiger partial charge in [0, 0.05) is 5.92 Å². The number of allylic oxidation sites excluding steroid dienone is 3. The van der Waals surface area contributed by atoms with Crippen molar-refractivity contribution in [2.45, 2.75) is 71.1 Å². The van der Waals surface area contributed by atoms with E-state index in [2.05, 4.69) is 32.7 Å². The molecule has 3 saturated carbocycles. The highest BCUT2D eigenvalue weighted by Gasteiger charge is 2.59. The van der Waals surface area contributed by atoms with Gasteiger partial charge in [-0.1, -0.05) is 43.1 Å². The minimum Gasteiger partial charge on any atom is -0.102 e. The third-order valence-electron chi connectivity index (χ3n) is 6.94. The van der Waals surface area contributed by atoms with Gasteiger partial charge >= 0.3 is 0 Å². The smallest absolute Gasteiger partial charge is 0.000531 e. The lowest BCUT2D eigenvalue weighted by Crippen LogP contribution is -2.26. The molecule has 0 bridgehead atoms. The molecule has 3 aliphatic rings. The van der Waals surface area contributed by atoms with E-state index in [1.807, 2.05) is 0 Å². The van der Waals surface area contributed by atoms with Gasteiger partial charge in [0.05, 0.1) is 0 Å². The van der Waals surface area contributed by atoms with E-state index < -0.39 is 0 Å². The second-order valence-corrected chi connectivity index (χ2v) is 8.54. The van der Waals surface area contributed by atoms with Gasteiger partial charge in [0.1, 0.15) is 0 Å². The summed E-state index contributed by atoms with van der Waals surface area (Å²) in [4.78, 5) is 0. The van der Waals surface area contributed by atoms with E-state index in [1.54, 1.807) is 5.57 Å². The predicted octanol–water partition coefficient (Wildman–Crippen LogP) is 6.70. The first-order valence-corrected chi connectivity index (χ1v) is 9.53. The van der Waals surface area contributed by atoms with Crippen molar-refractivity contribution < 1.29 is 0 Å². The lowest BCUT2D eigenvalue weighted by atomic mass is 9.68. The summed E-state index contributed by atoms with van der Waals surface area (Å²) in [5.74, 6) is 3.23. The topological polar surface area (TPSA) is 0 Å². The average molecular weight is 299 g/mol. The molecule has 0 heteroatoms. The number of hydrogen-bond donors (Lipinski definition) is 0. The zero-order valence-corrected chi connectivity index (χ0v) is 14.6. The second-order valence-electron chi connectivity index (χ2n) is 8.54. The van der Waals surface area contributed by atoms with Crippen LogP contribution in [0.15, 0.2) is 37.0 Å². The van der Waals surface area contributed by atoms with Gasteiger partial charge in [-0.15, -0.1) is 13.2 Å². The molecule has 0 aromatic carbocycles. The number of hydrogen-bond acceptors (Lipinski definition) is 0. The molecule has 22 heavy (non-hydrogen) atoms. The second kappa shape index (κ2) is 6.38. The van der Waals surface area contributed by atoms with E-state index in [9.17, 15) is 0 Å². The van der Waals surface area contributed by atoms with Crippen molar-refractivity contribution in [3.63, 3.8) is 0 Å². The first kappa shape index (κ1) is 16.1. The highest BCUT2D eigenvalue weighted by atomic mass is 14.6.